The van der Waals surface area contributed by atoms with Gasteiger partial charge in [0.25, 0.3) is 5.91 Å². The number of halogens is 1. The summed E-state index contributed by atoms with van der Waals surface area (Å²) in [5.41, 5.74) is -0.0393. The van der Waals surface area contributed by atoms with E-state index in [1.807, 2.05) is 25.1 Å². The lowest BCUT2D eigenvalue weighted by Crippen LogP contribution is -2.59. The van der Waals surface area contributed by atoms with Crippen LogP contribution in [0.5, 0.6) is 0 Å². The maximum absolute atomic E-state index is 13.7. The molecule has 3 rings (SSSR count). The van der Waals surface area contributed by atoms with Crippen LogP contribution in [0.15, 0.2) is 36.4 Å². The molecule has 0 bridgehead atoms. The van der Waals surface area contributed by atoms with Crippen molar-refractivity contribution in [1.82, 2.24) is 25.1 Å². The molecule has 0 saturated carbocycles. The molecule has 40 heavy (non-hydrogen) atoms. The number of rotatable bonds is 8. The Kier molecular flexibility index (Phi) is 10.4. The van der Waals surface area contributed by atoms with Gasteiger partial charge in [0.05, 0.1) is 6.61 Å². The van der Waals surface area contributed by atoms with Gasteiger partial charge < -0.3 is 24.6 Å². The molecule has 2 aromatic rings. The summed E-state index contributed by atoms with van der Waals surface area (Å²) in [7, 11) is 0. The average molecular weight is 574 g/mol. The number of hydrogen-bond donors (Lipinski definition) is 1. The van der Waals surface area contributed by atoms with Crippen LogP contribution in [-0.4, -0.2) is 87.6 Å². The molecular weight excluding hydrogens is 538 g/mol. The summed E-state index contributed by atoms with van der Waals surface area (Å²) < 4.78 is 10.5. The van der Waals surface area contributed by atoms with Crippen LogP contribution in [0, 0.1) is 0 Å². The number of nitrogens with one attached hydrogen (secondary N) is 1. The van der Waals surface area contributed by atoms with E-state index in [1.54, 1.807) is 49.6 Å². The van der Waals surface area contributed by atoms with Crippen LogP contribution in [0.3, 0.4) is 0 Å². The number of nitrogens with zero attached hydrogens (tertiary/aromatic N) is 4. The Labute approximate surface area is 239 Å². The van der Waals surface area contributed by atoms with Gasteiger partial charge in [-0.15, -0.1) is 0 Å². The zero-order valence-electron chi connectivity index (χ0n) is 23.5. The lowest BCUT2D eigenvalue weighted by atomic mass is 10.1. The molecule has 1 aliphatic rings. The van der Waals surface area contributed by atoms with Crippen molar-refractivity contribution in [2.24, 2.45) is 0 Å². The molecule has 11 nitrogen and oxygen atoms in total. The van der Waals surface area contributed by atoms with E-state index in [0.717, 1.165) is 0 Å². The zero-order valence-corrected chi connectivity index (χ0v) is 24.2. The Morgan fingerprint density at radius 2 is 1.82 bits per heavy atom. The fourth-order valence-electron chi connectivity index (χ4n) is 4.26. The van der Waals surface area contributed by atoms with Gasteiger partial charge in [-0.25, -0.2) is 14.8 Å². The molecule has 1 aromatic carbocycles. The molecule has 0 spiro atoms. The van der Waals surface area contributed by atoms with Crippen molar-refractivity contribution in [3.63, 3.8) is 0 Å². The second-order valence-corrected chi connectivity index (χ2v) is 10.8. The number of carbonyl (C=O) groups is 4. The topological polar surface area (TPSA) is 131 Å². The number of aromatic nitrogens is 2. The molecule has 2 heterocycles. The predicted molar refractivity (Wildman–Crippen MR) is 149 cm³/mol. The molecule has 1 N–H and O–H groups in total. The average Bonchev–Trinajstić information content (AvgIpc) is 2.89. The van der Waals surface area contributed by atoms with Gasteiger partial charge in [-0.1, -0.05) is 41.9 Å². The zero-order chi connectivity index (χ0) is 29.4. The number of hydrogen-bond acceptors (Lipinski definition) is 8. The second-order valence-electron chi connectivity index (χ2n) is 10.4. The quantitative estimate of drug-likeness (QED) is 0.373. The highest BCUT2D eigenvalue weighted by Gasteiger charge is 2.35. The monoisotopic (exact) mass is 573 g/mol. The van der Waals surface area contributed by atoms with E-state index in [4.69, 9.17) is 21.1 Å². The first-order valence-electron chi connectivity index (χ1n) is 13.2. The third-order valence-corrected chi connectivity index (χ3v) is 6.25. The number of ether oxygens (including phenoxy) is 2. The van der Waals surface area contributed by atoms with E-state index in [2.05, 4.69) is 15.3 Å². The molecule has 1 unspecified atom stereocenters. The SMILES string of the molecule is CCOC(=O)N1CCN(C(=O)[C@H](CCC(=O)OC(C)(C)C)NC(=O)c2cc(Cl)nc(-c3ccccc3)n2)C(C)C1. The lowest BCUT2D eigenvalue weighted by molar-refractivity contribution is -0.155. The Hall–Kier alpha value is -3.73. The van der Waals surface area contributed by atoms with Crippen molar-refractivity contribution < 1.29 is 28.7 Å². The number of benzene rings is 1. The van der Waals surface area contributed by atoms with E-state index in [1.165, 1.54) is 6.07 Å². The first-order chi connectivity index (χ1) is 18.9. The summed E-state index contributed by atoms with van der Waals surface area (Å²) in [4.78, 5) is 63.3. The fraction of sp³-hybridized carbons (Fsp3) is 0.500. The van der Waals surface area contributed by atoms with E-state index < -0.39 is 29.6 Å². The first-order valence-corrected chi connectivity index (χ1v) is 13.6. The minimum atomic E-state index is -1.05. The maximum Gasteiger partial charge on any atom is 0.409 e. The van der Waals surface area contributed by atoms with Crippen LogP contribution < -0.4 is 5.32 Å². The van der Waals surface area contributed by atoms with E-state index in [-0.39, 0.29) is 67.7 Å². The van der Waals surface area contributed by atoms with Gasteiger partial charge in [0, 0.05) is 43.7 Å². The molecular formula is C28H36ClN5O6. The number of esters is 1. The van der Waals surface area contributed by atoms with Crippen LogP contribution in [0.2, 0.25) is 5.15 Å². The number of piperazine rings is 1. The summed E-state index contributed by atoms with van der Waals surface area (Å²) in [6.07, 6.45) is -0.523. The van der Waals surface area contributed by atoms with Crippen LogP contribution in [0.4, 0.5) is 4.79 Å². The van der Waals surface area contributed by atoms with E-state index in [9.17, 15) is 19.2 Å². The van der Waals surface area contributed by atoms with Crippen LogP contribution in [0.1, 0.15) is 57.9 Å². The van der Waals surface area contributed by atoms with Crippen LogP contribution in [0.25, 0.3) is 11.4 Å². The van der Waals surface area contributed by atoms with Gasteiger partial charge in [0.15, 0.2) is 5.82 Å². The third kappa shape index (κ3) is 8.64. The van der Waals surface area contributed by atoms with Crippen molar-refractivity contribution in [2.75, 3.05) is 26.2 Å². The van der Waals surface area contributed by atoms with Crippen LogP contribution in [-0.2, 0) is 19.1 Å². The Morgan fingerprint density at radius 3 is 2.45 bits per heavy atom. The number of carbonyl (C=O) groups excluding carboxylic acids is 4. The fourth-order valence-corrected chi connectivity index (χ4v) is 4.44. The molecule has 1 aliphatic heterocycles. The molecule has 1 aromatic heterocycles. The van der Waals surface area contributed by atoms with Gasteiger partial charge in [-0.2, -0.15) is 0 Å². The van der Waals surface area contributed by atoms with Crippen LogP contribution >= 0.6 is 11.6 Å². The molecule has 3 amide bonds. The van der Waals surface area contributed by atoms with E-state index >= 15 is 0 Å². The summed E-state index contributed by atoms with van der Waals surface area (Å²) >= 11 is 6.20. The minimum absolute atomic E-state index is 0.00859. The predicted octanol–water partition coefficient (Wildman–Crippen LogP) is 3.71. The molecule has 0 radical (unpaired) electrons. The summed E-state index contributed by atoms with van der Waals surface area (Å²) in [6, 6.07) is 8.97. The molecule has 12 heteroatoms. The molecule has 2 atom stereocenters. The van der Waals surface area contributed by atoms with E-state index in [0.29, 0.717) is 5.56 Å². The largest absolute Gasteiger partial charge is 0.460 e. The highest BCUT2D eigenvalue weighted by atomic mass is 35.5. The van der Waals surface area contributed by atoms with Gasteiger partial charge in [-0.05, 0) is 41.0 Å². The molecule has 0 aliphatic carbocycles. The summed E-state index contributed by atoms with van der Waals surface area (Å²) in [5.74, 6) is -1.24. The number of amides is 3. The van der Waals surface area contributed by atoms with Gasteiger partial charge in [0.1, 0.15) is 22.5 Å². The smallest absolute Gasteiger partial charge is 0.409 e. The highest BCUT2D eigenvalue weighted by molar-refractivity contribution is 6.29. The van der Waals surface area contributed by atoms with Crippen molar-refractivity contribution in [1.29, 1.82) is 0 Å². The van der Waals surface area contributed by atoms with Gasteiger partial charge >= 0.3 is 12.1 Å². The summed E-state index contributed by atoms with van der Waals surface area (Å²) in [5, 5.41) is 2.81. The Balaban J connectivity index is 1.80. The van der Waals surface area contributed by atoms with Gasteiger partial charge in [0.2, 0.25) is 5.91 Å². The molecule has 1 saturated heterocycles. The Morgan fingerprint density at radius 1 is 1.12 bits per heavy atom. The second kappa shape index (κ2) is 13.6. The highest BCUT2D eigenvalue weighted by Crippen LogP contribution is 2.19. The van der Waals surface area contributed by atoms with Crippen molar-refractivity contribution in [2.45, 2.75) is 65.1 Å². The standard InChI is InChI=1S/C28H36ClN5O6/c1-6-39-27(38)33-14-15-34(18(2)17-33)26(37)20(12-13-23(35)40-28(3,4)5)31-25(36)21-16-22(29)32-24(30-21)19-10-8-7-9-11-19/h7-11,16,18,20H,6,12-15,17H2,1-5H3,(H,31,36)/t18?,20-/m0/s1. The normalized spacial score (nSPS) is 16.2. The maximum atomic E-state index is 13.7. The van der Waals surface area contributed by atoms with Crippen molar-refractivity contribution in [3.8, 4) is 11.4 Å². The van der Waals surface area contributed by atoms with Crippen molar-refractivity contribution in [3.05, 3.63) is 47.2 Å². The molecule has 216 valence electrons. The molecule has 1 fully saturated rings. The lowest BCUT2D eigenvalue weighted by Gasteiger charge is -2.40. The summed E-state index contributed by atoms with van der Waals surface area (Å²) in [6.45, 7) is 9.86. The third-order valence-electron chi connectivity index (χ3n) is 6.06. The van der Waals surface area contributed by atoms with Crippen molar-refractivity contribution >= 4 is 35.5 Å². The van der Waals surface area contributed by atoms with Gasteiger partial charge in [-0.3, -0.25) is 14.4 Å². The first kappa shape index (κ1) is 30.8. The Bertz CT molecular complexity index is 1220. The minimum Gasteiger partial charge on any atom is -0.460 e.